The largest absolute Gasteiger partial charge is 0.325 e. The number of rotatable bonds is 5. The first-order valence-electron chi connectivity index (χ1n) is 9.25. The van der Waals surface area contributed by atoms with Crippen molar-refractivity contribution in [1.29, 1.82) is 0 Å². The zero-order chi connectivity index (χ0) is 20.4. The second-order valence-corrected chi connectivity index (χ2v) is 7.87. The molecule has 29 heavy (non-hydrogen) atoms. The molecule has 0 aliphatic carbocycles. The van der Waals surface area contributed by atoms with E-state index in [2.05, 4.69) is 5.32 Å². The Balaban J connectivity index is 1.38. The quantitative estimate of drug-likeness (QED) is 0.767. The lowest BCUT2D eigenvalue weighted by Crippen LogP contribution is -2.41. The van der Waals surface area contributed by atoms with Gasteiger partial charge in [-0.05, 0) is 29.8 Å². The molecule has 0 bridgehead atoms. The van der Waals surface area contributed by atoms with E-state index < -0.39 is 0 Å². The third-order valence-electron chi connectivity index (χ3n) is 4.84. The maximum Gasteiger partial charge on any atom is 0.244 e. The lowest BCUT2D eigenvalue weighted by Gasteiger charge is -2.28. The number of amides is 4. The van der Waals surface area contributed by atoms with Crippen molar-refractivity contribution < 1.29 is 19.2 Å². The lowest BCUT2D eigenvalue weighted by molar-refractivity contribution is -0.139. The van der Waals surface area contributed by atoms with Gasteiger partial charge in [-0.1, -0.05) is 24.3 Å². The fraction of sp³-hybridized carbons (Fsp3) is 0.238. The van der Waals surface area contributed by atoms with Crippen molar-refractivity contribution in [1.82, 2.24) is 4.90 Å². The molecule has 2 heterocycles. The second kappa shape index (κ2) is 8.08. The number of thioether (sulfide) groups is 1. The first kappa shape index (κ1) is 19.2. The van der Waals surface area contributed by atoms with Crippen molar-refractivity contribution >= 4 is 46.8 Å². The van der Waals surface area contributed by atoms with E-state index in [1.807, 2.05) is 24.3 Å². The van der Waals surface area contributed by atoms with Gasteiger partial charge < -0.3 is 10.2 Å². The Hall–Kier alpha value is -3.13. The molecule has 0 spiro atoms. The van der Waals surface area contributed by atoms with Crippen molar-refractivity contribution in [3.05, 3.63) is 54.1 Å². The maximum atomic E-state index is 12.5. The van der Waals surface area contributed by atoms with E-state index >= 15 is 0 Å². The number of likely N-dealkylation sites (tertiary alicyclic amines) is 1. The number of anilines is 2. The van der Waals surface area contributed by atoms with Crippen LogP contribution in [0.4, 0.5) is 11.4 Å². The fourth-order valence-corrected chi connectivity index (χ4v) is 4.28. The van der Waals surface area contributed by atoms with Crippen LogP contribution in [0.25, 0.3) is 0 Å². The number of hydrogen-bond donors (Lipinski definition) is 1. The van der Waals surface area contributed by atoms with E-state index in [0.717, 1.165) is 16.1 Å². The highest BCUT2D eigenvalue weighted by Gasteiger charge is 2.29. The summed E-state index contributed by atoms with van der Waals surface area (Å²) in [5, 5.41) is 2.79. The average molecular weight is 409 g/mol. The lowest BCUT2D eigenvalue weighted by atomic mass is 10.2. The molecule has 1 fully saturated rings. The first-order chi connectivity index (χ1) is 14.0. The number of nitrogens with one attached hydrogen (secondary N) is 1. The number of carbonyl (C=O) groups excluding carboxylic acids is 4. The van der Waals surface area contributed by atoms with Gasteiger partial charge in [-0.15, -0.1) is 11.8 Å². The number of carbonyl (C=O) groups is 4. The molecule has 7 nitrogen and oxygen atoms in total. The molecule has 0 atom stereocenters. The summed E-state index contributed by atoms with van der Waals surface area (Å²) >= 11 is 1.47. The molecule has 1 N–H and O–H groups in total. The van der Waals surface area contributed by atoms with Crippen LogP contribution >= 0.6 is 11.8 Å². The molecule has 2 aromatic carbocycles. The molecule has 2 aliphatic heterocycles. The number of imide groups is 1. The van der Waals surface area contributed by atoms with Crippen molar-refractivity contribution in [2.45, 2.75) is 24.3 Å². The van der Waals surface area contributed by atoms with Crippen LogP contribution in [0.1, 0.15) is 18.4 Å². The number of benzene rings is 2. The number of fused-ring (bicyclic) bond motifs is 1. The zero-order valence-corrected chi connectivity index (χ0v) is 16.4. The van der Waals surface area contributed by atoms with Crippen molar-refractivity contribution in [2.75, 3.05) is 22.5 Å². The van der Waals surface area contributed by atoms with Crippen LogP contribution in [0.3, 0.4) is 0 Å². The molecule has 0 aromatic heterocycles. The summed E-state index contributed by atoms with van der Waals surface area (Å²) in [6.07, 6.45) is 0.535. The van der Waals surface area contributed by atoms with Crippen molar-refractivity contribution in [2.24, 2.45) is 0 Å². The third-order valence-corrected chi connectivity index (χ3v) is 5.89. The number of nitrogens with zero attached hydrogens (tertiary/aromatic N) is 2. The molecule has 0 radical (unpaired) electrons. The molecule has 2 aliphatic rings. The highest BCUT2D eigenvalue weighted by Crippen LogP contribution is 2.34. The summed E-state index contributed by atoms with van der Waals surface area (Å²) in [5.74, 6) is -0.390. The monoisotopic (exact) mass is 409 g/mol. The Kier molecular flexibility index (Phi) is 5.35. The molecular formula is C21H19N3O4S. The highest BCUT2D eigenvalue weighted by molar-refractivity contribution is 8.00. The van der Waals surface area contributed by atoms with Gasteiger partial charge in [0.1, 0.15) is 6.54 Å². The van der Waals surface area contributed by atoms with Gasteiger partial charge in [0.25, 0.3) is 0 Å². The van der Waals surface area contributed by atoms with Crippen LogP contribution in [0.15, 0.2) is 53.4 Å². The van der Waals surface area contributed by atoms with Gasteiger partial charge in [0.05, 0.1) is 18.0 Å². The van der Waals surface area contributed by atoms with E-state index in [9.17, 15) is 19.2 Å². The Morgan fingerprint density at radius 2 is 1.59 bits per heavy atom. The van der Waals surface area contributed by atoms with Crippen molar-refractivity contribution in [3.8, 4) is 0 Å². The topological polar surface area (TPSA) is 86.8 Å². The highest BCUT2D eigenvalue weighted by atomic mass is 32.2. The van der Waals surface area contributed by atoms with E-state index in [0.29, 0.717) is 11.4 Å². The molecule has 1 saturated heterocycles. The predicted molar refractivity (Wildman–Crippen MR) is 109 cm³/mol. The standard InChI is InChI=1S/C21H19N3O4S/c25-18(12-23-16-3-1-2-4-17(16)29-13-21(23)28)22-15-7-5-14(6-8-15)11-24-19(26)9-10-20(24)27/h1-8H,9-13H2,(H,22,25). The molecule has 4 rings (SSSR count). The molecule has 4 amide bonds. The van der Waals surface area contributed by atoms with E-state index in [1.165, 1.54) is 21.6 Å². The van der Waals surface area contributed by atoms with Crippen LogP contribution in [0.5, 0.6) is 0 Å². The van der Waals surface area contributed by atoms with Gasteiger partial charge in [0, 0.05) is 23.4 Å². The third kappa shape index (κ3) is 4.17. The summed E-state index contributed by atoms with van der Waals surface area (Å²) in [7, 11) is 0. The van der Waals surface area contributed by atoms with Crippen LogP contribution < -0.4 is 10.2 Å². The molecular weight excluding hydrogens is 390 g/mol. The summed E-state index contributed by atoms with van der Waals surface area (Å²) in [5.41, 5.74) is 2.15. The SMILES string of the molecule is O=C(CN1C(=O)CSc2ccccc21)Nc1ccc(CN2C(=O)CCC2=O)cc1. The molecule has 8 heteroatoms. The Morgan fingerprint density at radius 1 is 0.897 bits per heavy atom. The van der Waals surface area contributed by atoms with Crippen LogP contribution in [0, 0.1) is 0 Å². The summed E-state index contributed by atoms with van der Waals surface area (Å²) < 4.78 is 0. The molecule has 2 aromatic rings. The summed E-state index contributed by atoms with van der Waals surface area (Å²) in [6.45, 7) is 0.178. The smallest absolute Gasteiger partial charge is 0.244 e. The summed E-state index contributed by atoms with van der Waals surface area (Å²) in [6, 6.07) is 14.5. The minimum absolute atomic E-state index is 0.0606. The molecule has 148 valence electrons. The average Bonchev–Trinajstić information content (AvgIpc) is 3.03. The van der Waals surface area contributed by atoms with Crippen LogP contribution in [-0.4, -0.2) is 40.8 Å². The van der Waals surface area contributed by atoms with Crippen LogP contribution in [-0.2, 0) is 25.7 Å². The van der Waals surface area contributed by atoms with E-state index in [-0.39, 0.29) is 49.6 Å². The Labute approximate surface area is 172 Å². The minimum Gasteiger partial charge on any atom is -0.325 e. The minimum atomic E-state index is -0.294. The fourth-order valence-electron chi connectivity index (χ4n) is 3.35. The zero-order valence-electron chi connectivity index (χ0n) is 15.6. The number of para-hydroxylation sites is 1. The normalized spacial score (nSPS) is 16.2. The van der Waals surface area contributed by atoms with Gasteiger partial charge in [0.2, 0.25) is 23.6 Å². The maximum absolute atomic E-state index is 12.5. The molecule has 0 unspecified atom stereocenters. The Morgan fingerprint density at radius 3 is 2.31 bits per heavy atom. The van der Waals surface area contributed by atoms with Gasteiger partial charge in [0.15, 0.2) is 0 Å². The molecule has 0 saturated carbocycles. The van der Waals surface area contributed by atoms with Gasteiger partial charge >= 0.3 is 0 Å². The van der Waals surface area contributed by atoms with Crippen LogP contribution in [0.2, 0.25) is 0 Å². The predicted octanol–water partition coefficient (Wildman–Crippen LogP) is 2.41. The second-order valence-electron chi connectivity index (χ2n) is 6.86. The Bertz CT molecular complexity index is 974. The van der Waals surface area contributed by atoms with E-state index in [1.54, 1.807) is 24.3 Å². The van der Waals surface area contributed by atoms with Gasteiger partial charge in [-0.2, -0.15) is 0 Å². The van der Waals surface area contributed by atoms with Gasteiger partial charge in [-0.25, -0.2) is 0 Å². The van der Waals surface area contributed by atoms with E-state index in [4.69, 9.17) is 0 Å². The summed E-state index contributed by atoms with van der Waals surface area (Å²) in [4.78, 5) is 51.9. The number of hydrogen-bond acceptors (Lipinski definition) is 5. The van der Waals surface area contributed by atoms with Gasteiger partial charge in [-0.3, -0.25) is 24.1 Å². The first-order valence-corrected chi connectivity index (χ1v) is 10.2. The van der Waals surface area contributed by atoms with Crippen molar-refractivity contribution in [3.63, 3.8) is 0 Å².